The first-order valence-corrected chi connectivity index (χ1v) is 10.4. The lowest BCUT2D eigenvalue weighted by Gasteiger charge is -2.19. The van der Waals surface area contributed by atoms with Crippen LogP contribution in [0.5, 0.6) is 17.2 Å². The van der Waals surface area contributed by atoms with Crippen molar-refractivity contribution in [2.24, 2.45) is 4.99 Å². The standard InChI is InChI=1S/C23H32N4O3/c1-4-24-23(25-14-17-5-7-20(28)8-6-17)26-19-9-10-27(16-19)15-18-11-21(29-2)13-22(12-18)30-3/h5-8,11-13,19,28H,4,9-10,14-16H2,1-3H3,(H2,24,25,26). The summed E-state index contributed by atoms with van der Waals surface area (Å²) in [6, 6.07) is 13.5. The van der Waals surface area contributed by atoms with Crippen molar-refractivity contribution in [3.05, 3.63) is 53.6 Å². The van der Waals surface area contributed by atoms with Gasteiger partial charge in [-0.3, -0.25) is 4.90 Å². The van der Waals surface area contributed by atoms with Crippen LogP contribution in [0.4, 0.5) is 0 Å². The molecule has 30 heavy (non-hydrogen) atoms. The number of aromatic hydroxyl groups is 1. The third-order valence-electron chi connectivity index (χ3n) is 5.13. The van der Waals surface area contributed by atoms with Crippen LogP contribution >= 0.6 is 0 Å². The second-order valence-electron chi connectivity index (χ2n) is 7.45. The number of rotatable bonds is 8. The van der Waals surface area contributed by atoms with Crippen molar-refractivity contribution in [3.8, 4) is 17.2 Å². The van der Waals surface area contributed by atoms with Crippen LogP contribution in [0.1, 0.15) is 24.5 Å². The number of nitrogens with one attached hydrogen (secondary N) is 2. The van der Waals surface area contributed by atoms with Gasteiger partial charge in [0.1, 0.15) is 17.2 Å². The largest absolute Gasteiger partial charge is 0.508 e. The van der Waals surface area contributed by atoms with E-state index >= 15 is 0 Å². The van der Waals surface area contributed by atoms with Gasteiger partial charge in [0.2, 0.25) is 0 Å². The molecule has 1 aliphatic heterocycles. The highest BCUT2D eigenvalue weighted by Gasteiger charge is 2.23. The highest BCUT2D eigenvalue weighted by atomic mass is 16.5. The second kappa shape index (κ2) is 10.7. The van der Waals surface area contributed by atoms with E-state index < -0.39 is 0 Å². The third kappa shape index (κ3) is 6.29. The Balaban J connectivity index is 1.56. The minimum atomic E-state index is 0.271. The Morgan fingerprint density at radius 1 is 1.10 bits per heavy atom. The van der Waals surface area contributed by atoms with Crippen molar-refractivity contribution in [1.29, 1.82) is 0 Å². The number of aliphatic imine (C=N–C) groups is 1. The zero-order valence-electron chi connectivity index (χ0n) is 18.0. The maximum absolute atomic E-state index is 9.42. The fourth-order valence-corrected chi connectivity index (χ4v) is 3.59. The van der Waals surface area contributed by atoms with Crippen molar-refractivity contribution in [2.45, 2.75) is 32.5 Å². The summed E-state index contributed by atoms with van der Waals surface area (Å²) in [5.41, 5.74) is 2.24. The van der Waals surface area contributed by atoms with Crippen molar-refractivity contribution in [3.63, 3.8) is 0 Å². The fourth-order valence-electron chi connectivity index (χ4n) is 3.59. The number of methoxy groups -OCH3 is 2. The predicted octanol–water partition coefficient (Wildman–Crippen LogP) is 2.74. The van der Waals surface area contributed by atoms with Gasteiger partial charge in [-0.2, -0.15) is 0 Å². The predicted molar refractivity (Wildman–Crippen MR) is 119 cm³/mol. The average Bonchev–Trinajstić information content (AvgIpc) is 3.19. The lowest BCUT2D eigenvalue weighted by atomic mass is 10.2. The highest BCUT2D eigenvalue weighted by molar-refractivity contribution is 5.80. The molecule has 1 heterocycles. The molecule has 2 aromatic carbocycles. The molecular weight excluding hydrogens is 380 g/mol. The zero-order valence-corrected chi connectivity index (χ0v) is 18.0. The molecule has 0 radical (unpaired) electrons. The molecule has 0 amide bonds. The number of guanidine groups is 1. The van der Waals surface area contributed by atoms with E-state index in [2.05, 4.69) is 34.6 Å². The van der Waals surface area contributed by atoms with Gasteiger partial charge in [0.05, 0.1) is 20.8 Å². The lowest BCUT2D eigenvalue weighted by Crippen LogP contribution is -2.44. The molecule has 0 aliphatic carbocycles. The molecule has 1 aliphatic rings. The van der Waals surface area contributed by atoms with Gasteiger partial charge in [-0.15, -0.1) is 0 Å². The number of hydrogen-bond donors (Lipinski definition) is 3. The molecule has 1 atom stereocenters. The summed E-state index contributed by atoms with van der Waals surface area (Å²) < 4.78 is 10.8. The van der Waals surface area contributed by atoms with Gasteiger partial charge in [0.25, 0.3) is 0 Å². The van der Waals surface area contributed by atoms with E-state index in [1.165, 1.54) is 5.56 Å². The van der Waals surface area contributed by atoms with E-state index in [0.717, 1.165) is 55.6 Å². The first-order valence-electron chi connectivity index (χ1n) is 10.4. The number of nitrogens with zero attached hydrogens (tertiary/aromatic N) is 2. The summed E-state index contributed by atoms with van der Waals surface area (Å²) in [5.74, 6) is 2.72. The SMILES string of the molecule is CCNC(=NCc1ccc(O)cc1)NC1CCN(Cc2cc(OC)cc(OC)c2)C1. The molecule has 7 nitrogen and oxygen atoms in total. The van der Waals surface area contributed by atoms with Crippen LogP contribution in [0.3, 0.4) is 0 Å². The van der Waals surface area contributed by atoms with Crippen molar-refractivity contribution < 1.29 is 14.6 Å². The Morgan fingerprint density at radius 2 is 1.80 bits per heavy atom. The lowest BCUT2D eigenvalue weighted by molar-refractivity contribution is 0.321. The molecule has 0 saturated carbocycles. The first-order chi connectivity index (χ1) is 14.6. The molecule has 3 rings (SSSR count). The number of phenolic OH excluding ortho intramolecular Hbond substituents is 1. The summed E-state index contributed by atoms with van der Waals surface area (Å²) in [4.78, 5) is 7.12. The van der Waals surface area contributed by atoms with Crippen LogP contribution in [0.2, 0.25) is 0 Å². The Hall–Kier alpha value is -2.93. The minimum Gasteiger partial charge on any atom is -0.508 e. The van der Waals surface area contributed by atoms with Gasteiger partial charge in [0.15, 0.2) is 5.96 Å². The molecule has 1 saturated heterocycles. The second-order valence-corrected chi connectivity index (χ2v) is 7.45. The molecular formula is C23H32N4O3. The minimum absolute atomic E-state index is 0.271. The monoisotopic (exact) mass is 412 g/mol. The maximum atomic E-state index is 9.42. The summed E-state index contributed by atoms with van der Waals surface area (Å²) in [6.45, 7) is 6.26. The van der Waals surface area contributed by atoms with Crippen molar-refractivity contribution in [2.75, 3.05) is 33.9 Å². The molecule has 2 aromatic rings. The van der Waals surface area contributed by atoms with Crippen LogP contribution in [-0.2, 0) is 13.1 Å². The molecule has 162 valence electrons. The topological polar surface area (TPSA) is 78.4 Å². The Kier molecular flexibility index (Phi) is 7.79. The van der Waals surface area contributed by atoms with E-state index in [1.807, 2.05) is 18.2 Å². The number of ether oxygens (including phenoxy) is 2. The van der Waals surface area contributed by atoms with E-state index in [0.29, 0.717) is 12.6 Å². The molecule has 3 N–H and O–H groups in total. The van der Waals surface area contributed by atoms with Gasteiger partial charge >= 0.3 is 0 Å². The zero-order chi connectivity index (χ0) is 21.3. The molecule has 0 bridgehead atoms. The van der Waals surface area contributed by atoms with E-state index in [4.69, 9.17) is 14.5 Å². The Labute approximate surface area is 178 Å². The average molecular weight is 413 g/mol. The molecule has 1 unspecified atom stereocenters. The van der Waals surface area contributed by atoms with E-state index in [1.54, 1.807) is 26.4 Å². The Morgan fingerprint density at radius 3 is 2.43 bits per heavy atom. The van der Waals surface area contributed by atoms with E-state index in [9.17, 15) is 5.11 Å². The molecule has 0 spiro atoms. The van der Waals surface area contributed by atoms with Gasteiger partial charge < -0.3 is 25.2 Å². The number of phenols is 1. The van der Waals surface area contributed by atoms with Gasteiger partial charge in [-0.1, -0.05) is 12.1 Å². The fraction of sp³-hybridized carbons (Fsp3) is 0.435. The number of benzene rings is 2. The van der Waals surface area contributed by atoms with E-state index in [-0.39, 0.29) is 5.75 Å². The summed E-state index contributed by atoms with van der Waals surface area (Å²) in [7, 11) is 3.35. The van der Waals surface area contributed by atoms with Gasteiger partial charge in [-0.25, -0.2) is 4.99 Å². The quantitative estimate of drug-likeness (QED) is 0.457. The first kappa shape index (κ1) is 21.8. The Bertz CT molecular complexity index is 817. The van der Waals surface area contributed by atoms with Crippen molar-refractivity contribution in [1.82, 2.24) is 15.5 Å². The number of hydrogen-bond acceptors (Lipinski definition) is 5. The van der Waals surface area contributed by atoms with Gasteiger partial charge in [0, 0.05) is 38.3 Å². The van der Waals surface area contributed by atoms with Crippen LogP contribution in [0, 0.1) is 0 Å². The maximum Gasteiger partial charge on any atom is 0.191 e. The van der Waals surface area contributed by atoms with Crippen LogP contribution in [-0.4, -0.2) is 55.9 Å². The van der Waals surface area contributed by atoms with Crippen LogP contribution < -0.4 is 20.1 Å². The van der Waals surface area contributed by atoms with Crippen LogP contribution in [0.25, 0.3) is 0 Å². The summed E-state index contributed by atoms with van der Waals surface area (Å²) in [5, 5.41) is 16.3. The third-order valence-corrected chi connectivity index (χ3v) is 5.13. The summed E-state index contributed by atoms with van der Waals surface area (Å²) >= 11 is 0. The normalized spacial score (nSPS) is 17.0. The molecule has 7 heteroatoms. The van der Waals surface area contributed by atoms with Crippen LogP contribution in [0.15, 0.2) is 47.5 Å². The smallest absolute Gasteiger partial charge is 0.191 e. The highest BCUT2D eigenvalue weighted by Crippen LogP contribution is 2.24. The van der Waals surface area contributed by atoms with Gasteiger partial charge in [-0.05, 0) is 48.7 Å². The number of likely N-dealkylation sites (tertiary alicyclic amines) is 1. The van der Waals surface area contributed by atoms with Crippen molar-refractivity contribution >= 4 is 5.96 Å². The molecule has 1 fully saturated rings. The summed E-state index contributed by atoms with van der Waals surface area (Å²) in [6.07, 6.45) is 1.06. The molecule has 0 aromatic heterocycles.